The van der Waals surface area contributed by atoms with Crippen LogP contribution in [-0.4, -0.2) is 75.2 Å². The molecule has 1 atom stereocenters. The van der Waals surface area contributed by atoms with E-state index in [0.29, 0.717) is 6.42 Å². The number of likely N-dealkylation sites (N-methyl/N-ethyl adjacent to an activating group) is 1. The number of hydrogen-bond donors (Lipinski definition) is 1. The van der Waals surface area contributed by atoms with Crippen LogP contribution >= 0.6 is 0 Å². The molecule has 28 heavy (non-hydrogen) atoms. The fourth-order valence-electron chi connectivity index (χ4n) is 2.62. The van der Waals surface area contributed by atoms with Gasteiger partial charge in [0.15, 0.2) is 6.61 Å². The Morgan fingerprint density at radius 1 is 1.25 bits per heavy atom. The van der Waals surface area contributed by atoms with Crippen LogP contribution in [0.15, 0.2) is 29.2 Å². The molecule has 2 rings (SSSR count). The molecule has 154 valence electrons. The van der Waals surface area contributed by atoms with Gasteiger partial charge in [-0.3, -0.25) is 14.4 Å². The summed E-state index contributed by atoms with van der Waals surface area (Å²) in [7, 11) is -0.939. The summed E-state index contributed by atoms with van der Waals surface area (Å²) < 4.78 is 44.4. The highest BCUT2D eigenvalue weighted by atomic mass is 32.2. The first-order valence-electron chi connectivity index (χ1n) is 8.54. The Labute approximate surface area is 162 Å². The van der Waals surface area contributed by atoms with Crippen LogP contribution in [0.4, 0.5) is 4.39 Å². The average Bonchev–Trinajstić information content (AvgIpc) is 3.15. The Kier molecular flexibility index (Phi) is 7.08. The molecule has 1 saturated heterocycles. The van der Waals surface area contributed by atoms with Crippen molar-refractivity contribution >= 4 is 27.8 Å². The normalized spacial score (nSPS) is 17.2. The number of sulfonamides is 1. The quantitative estimate of drug-likeness (QED) is 0.613. The highest BCUT2D eigenvalue weighted by Crippen LogP contribution is 2.27. The van der Waals surface area contributed by atoms with Crippen molar-refractivity contribution in [3.05, 3.63) is 30.1 Å². The van der Waals surface area contributed by atoms with Gasteiger partial charge in [-0.15, -0.1) is 0 Å². The SMILES string of the molecule is CN(C)C(=O)CNC(=O)COC(=O)[C@@H]1CCCN1S(=O)(=O)c1ccc(F)cc1. The molecule has 0 aromatic heterocycles. The van der Waals surface area contributed by atoms with E-state index in [-0.39, 0.29) is 30.3 Å². The van der Waals surface area contributed by atoms with Crippen molar-refractivity contribution in [1.82, 2.24) is 14.5 Å². The molecular weight excluding hydrogens is 393 g/mol. The number of esters is 1. The van der Waals surface area contributed by atoms with Crippen molar-refractivity contribution in [3.8, 4) is 0 Å². The van der Waals surface area contributed by atoms with Gasteiger partial charge < -0.3 is 15.0 Å². The van der Waals surface area contributed by atoms with Crippen LogP contribution in [0.25, 0.3) is 0 Å². The van der Waals surface area contributed by atoms with Gasteiger partial charge in [0, 0.05) is 20.6 Å². The molecule has 1 aliphatic rings. The predicted octanol–water partition coefficient (Wildman–Crippen LogP) is -0.274. The number of nitrogens with one attached hydrogen (secondary N) is 1. The van der Waals surface area contributed by atoms with Gasteiger partial charge >= 0.3 is 5.97 Å². The molecule has 11 heteroatoms. The molecule has 9 nitrogen and oxygen atoms in total. The van der Waals surface area contributed by atoms with Crippen LogP contribution < -0.4 is 5.32 Å². The van der Waals surface area contributed by atoms with Crippen molar-refractivity contribution in [2.45, 2.75) is 23.8 Å². The van der Waals surface area contributed by atoms with Crippen molar-refractivity contribution in [3.63, 3.8) is 0 Å². The lowest BCUT2D eigenvalue weighted by Crippen LogP contribution is -2.43. The minimum atomic E-state index is -4.00. The summed E-state index contributed by atoms with van der Waals surface area (Å²) >= 11 is 0. The zero-order chi connectivity index (χ0) is 20.9. The van der Waals surface area contributed by atoms with E-state index in [2.05, 4.69) is 5.32 Å². The summed E-state index contributed by atoms with van der Waals surface area (Å²) in [5.41, 5.74) is 0. The second-order valence-corrected chi connectivity index (χ2v) is 8.29. The Bertz CT molecular complexity index is 841. The van der Waals surface area contributed by atoms with Gasteiger partial charge in [-0.2, -0.15) is 4.31 Å². The number of ether oxygens (including phenoxy) is 1. The van der Waals surface area contributed by atoms with Crippen LogP contribution in [0.1, 0.15) is 12.8 Å². The summed E-state index contributed by atoms with van der Waals surface area (Å²) in [6.07, 6.45) is 0.698. The molecule has 0 unspecified atom stereocenters. The Balaban J connectivity index is 1.96. The van der Waals surface area contributed by atoms with Crippen molar-refractivity contribution in [2.24, 2.45) is 0 Å². The number of benzene rings is 1. The third kappa shape index (κ3) is 5.26. The third-order valence-electron chi connectivity index (χ3n) is 4.18. The molecule has 1 aromatic carbocycles. The number of nitrogens with zero attached hydrogens (tertiary/aromatic N) is 2. The molecular formula is C17H22FN3O6S. The van der Waals surface area contributed by atoms with Crippen molar-refractivity contribution < 1.29 is 31.9 Å². The molecule has 2 amide bonds. The minimum absolute atomic E-state index is 0.114. The second kappa shape index (κ2) is 9.11. The monoisotopic (exact) mass is 415 g/mol. The smallest absolute Gasteiger partial charge is 0.324 e. The molecule has 0 aliphatic carbocycles. The number of rotatable bonds is 7. The molecule has 0 spiro atoms. The molecule has 1 heterocycles. The fraction of sp³-hybridized carbons (Fsp3) is 0.471. The lowest BCUT2D eigenvalue weighted by atomic mass is 10.2. The molecule has 0 radical (unpaired) electrons. The number of halogens is 1. The predicted molar refractivity (Wildman–Crippen MR) is 96.0 cm³/mol. The topological polar surface area (TPSA) is 113 Å². The van der Waals surface area contributed by atoms with E-state index in [0.717, 1.165) is 28.6 Å². The first kappa shape index (κ1) is 21.8. The zero-order valence-corrected chi connectivity index (χ0v) is 16.4. The van der Waals surface area contributed by atoms with E-state index in [1.54, 1.807) is 0 Å². The number of carbonyl (C=O) groups excluding carboxylic acids is 3. The van der Waals surface area contributed by atoms with Crippen LogP contribution in [-0.2, 0) is 29.1 Å². The second-order valence-electron chi connectivity index (χ2n) is 6.40. The summed E-state index contributed by atoms with van der Waals surface area (Å²) in [4.78, 5) is 36.6. The standard InChI is InChI=1S/C17H22FN3O6S/c1-20(2)16(23)10-19-15(22)11-27-17(24)14-4-3-9-21(14)28(25,26)13-7-5-12(18)6-8-13/h5-8,14H,3-4,9-11H2,1-2H3,(H,19,22)/t14-/m0/s1. The highest BCUT2D eigenvalue weighted by Gasteiger charge is 2.40. The largest absolute Gasteiger partial charge is 0.454 e. The lowest BCUT2D eigenvalue weighted by molar-refractivity contribution is -0.151. The van der Waals surface area contributed by atoms with Crippen LogP contribution in [0, 0.1) is 5.82 Å². The van der Waals surface area contributed by atoms with Gasteiger partial charge in [0.25, 0.3) is 5.91 Å². The number of carbonyl (C=O) groups is 3. The van der Waals surface area contributed by atoms with E-state index in [1.165, 1.54) is 19.0 Å². The van der Waals surface area contributed by atoms with E-state index >= 15 is 0 Å². The van der Waals surface area contributed by atoms with Gasteiger partial charge in [-0.1, -0.05) is 0 Å². The van der Waals surface area contributed by atoms with Gasteiger partial charge in [0.2, 0.25) is 15.9 Å². The van der Waals surface area contributed by atoms with Gasteiger partial charge in [0.1, 0.15) is 11.9 Å². The highest BCUT2D eigenvalue weighted by molar-refractivity contribution is 7.89. The first-order valence-corrected chi connectivity index (χ1v) is 9.98. The summed E-state index contributed by atoms with van der Waals surface area (Å²) in [6.45, 7) is -0.749. The molecule has 1 aromatic rings. The van der Waals surface area contributed by atoms with E-state index in [1.807, 2.05) is 0 Å². The Morgan fingerprint density at radius 3 is 2.50 bits per heavy atom. The van der Waals surface area contributed by atoms with E-state index < -0.39 is 40.4 Å². The summed E-state index contributed by atoms with van der Waals surface area (Å²) in [5.74, 6) is -2.42. The van der Waals surface area contributed by atoms with Gasteiger partial charge in [-0.25, -0.2) is 12.8 Å². The first-order chi connectivity index (χ1) is 13.1. The van der Waals surface area contributed by atoms with Crippen molar-refractivity contribution in [2.75, 3.05) is 33.8 Å². The van der Waals surface area contributed by atoms with Crippen LogP contribution in [0.3, 0.4) is 0 Å². The summed E-state index contributed by atoms with van der Waals surface area (Å²) in [5, 5.41) is 2.31. The number of amides is 2. The minimum Gasteiger partial charge on any atom is -0.454 e. The van der Waals surface area contributed by atoms with Gasteiger partial charge in [0.05, 0.1) is 11.4 Å². The van der Waals surface area contributed by atoms with Crippen LogP contribution in [0.2, 0.25) is 0 Å². The van der Waals surface area contributed by atoms with Crippen LogP contribution in [0.5, 0.6) is 0 Å². The maximum absolute atomic E-state index is 13.0. The summed E-state index contributed by atoms with van der Waals surface area (Å²) in [6, 6.07) is 3.23. The fourth-order valence-corrected chi connectivity index (χ4v) is 4.27. The maximum atomic E-state index is 13.0. The zero-order valence-electron chi connectivity index (χ0n) is 15.6. The molecule has 1 fully saturated rings. The lowest BCUT2D eigenvalue weighted by Gasteiger charge is -2.22. The molecule has 1 aliphatic heterocycles. The average molecular weight is 415 g/mol. The molecule has 0 bridgehead atoms. The molecule has 1 N–H and O–H groups in total. The Hall–Kier alpha value is -2.53. The molecule has 0 saturated carbocycles. The third-order valence-corrected chi connectivity index (χ3v) is 6.10. The van der Waals surface area contributed by atoms with E-state index in [9.17, 15) is 27.2 Å². The van der Waals surface area contributed by atoms with Crippen molar-refractivity contribution in [1.29, 1.82) is 0 Å². The maximum Gasteiger partial charge on any atom is 0.324 e. The Morgan fingerprint density at radius 2 is 1.89 bits per heavy atom. The number of hydrogen-bond acceptors (Lipinski definition) is 6. The van der Waals surface area contributed by atoms with E-state index in [4.69, 9.17) is 4.74 Å². The van der Waals surface area contributed by atoms with Gasteiger partial charge in [-0.05, 0) is 37.1 Å².